The summed E-state index contributed by atoms with van der Waals surface area (Å²) in [5.74, 6) is -1.51. The summed E-state index contributed by atoms with van der Waals surface area (Å²) in [5.41, 5.74) is 4.40. The van der Waals surface area contributed by atoms with Crippen LogP contribution in [-0.2, 0) is 35.3 Å². The minimum absolute atomic E-state index is 0.00229. The summed E-state index contributed by atoms with van der Waals surface area (Å²) < 4.78 is 55.0. The van der Waals surface area contributed by atoms with E-state index in [2.05, 4.69) is 25.9 Å². The van der Waals surface area contributed by atoms with Crippen molar-refractivity contribution in [2.45, 2.75) is 82.8 Å². The third kappa shape index (κ3) is 8.37. The van der Waals surface area contributed by atoms with Gasteiger partial charge in [-0.1, -0.05) is 61.0 Å². The number of nitrogens with one attached hydrogen (secondary N) is 3. The molecule has 2 fully saturated rings. The molecular formula is C41H45ClF3N7O5. The van der Waals surface area contributed by atoms with Crippen molar-refractivity contribution >= 4 is 29.3 Å². The van der Waals surface area contributed by atoms with Gasteiger partial charge in [-0.15, -0.1) is 0 Å². The molecule has 16 heteroatoms. The van der Waals surface area contributed by atoms with Gasteiger partial charge in [0.1, 0.15) is 5.69 Å². The van der Waals surface area contributed by atoms with Crippen LogP contribution >= 0.6 is 11.6 Å². The normalized spacial score (nSPS) is 20.7. The number of ether oxygens (including phenoxy) is 2. The van der Waals surface area contributed by atoms with Crippen molar-refractivity contribution in [1.29, 1.82) is 0 Å². The molecule has 4 atom stereocenters. The number of amides is 1. The van der Waals surface area contributed by atoms with Crippen molar-refractivity contribution in [2.24, 2.45) is 5.92 Å². The largest absolute Gasteiger partial charge is 0.481 e. The number of rotatable bonds is 14. The van der Waals surface area contributed by atoms with E-state index < -0.39 is 35.6 Å². The van der Waals surface area contributed by atoms with Gasteiger partial charge in [0, 0.05) is 54.8 Å². The van der Waals surface area contributed by atoms with Gasteiger partial charge in [-0.05, 0) is 61.4 Å². The number of nitrogens with zero attached hydrogens (tertiary/aromatic N) is 4. The molecule has 4 N–H and O–H groups in total. The van der Waals surface area contributed by atoms with E-state index in [-0.39, 0.29) is 36.1 Å². The first-order valence-electron chi connectivity index (χ1n) is 19.1. The standard InChI is InChI=1S/C41H45ClF3N7O5/c1-4-33-29(40(54)55)17-18-52(33)21-32-39(57-3)51-37(36(48-32)41(43,44)45)49-30-15-13-25-24(7-5-8-26(25)30)27-9-6-10-28(35(27)42)31-14-11-22(38(50-31)56-2)19-46-20-23-12-16-34(53)47-23/h5-11,14,23,29-30,33,46H,4,12-13,15-21H2,1-3H3,(H,47,53)(H,49,51)(H,54,55)/t23-,29?,30-,33?/m0/s1. The molecule has 3 aliphatic rings. The van der Waals surface area contributed by atoms with E-state index in [0.29, 0.717) is 73.9 Å². The van der Waals surface area contributed by atoms with Crippen LogP contribution in [0.4, 0.5) is 19.0 Å². The fraction of sp³-hybridized carbons (Fsp3) is 0.439. The number of alkyl halides is 3. The number of hydrogen-bond donors (Lipinski definition) is 4. The number of methoxy groups -OCH3 is 2. The summed E-state index contributed by atoms with van der Waals surface area (Å²) in [5, 5.41) is 19.5. The number of aliphatic carboxylic acids is 1. The number of anilines is 1. The minimum Gasteiger partial charge on any atom is -0.481 e. The fourth-order valence-electron chi connectivity index (χ4n) is 8.46. The quantitative estimate of drug-likeness (QED) is 0.104. The zero-order chi connectivity index (χ0) is 40.4. The smallest absolute Gasteiger partial charge is 0.437 e. The lowest BCUT2D eigenvalue weighted by atomic mass is 9.94. The number of carboxylic acid groups (broad SMARTS) is 1. The molecule has 2 saturated heterocycles. The average molecular weight is 808 g/mol. The van der Waals surface area contributed by atoms with Crippen LogP contribution in [0.3, 0.4) is 0 Å². The van der Waals surface area contributed by atoms with E-state index in [1.165, 1.54) is 7.11 Å². The first-order valence-corrected chi connectivity index (χ1v) is 19.5. The number of carbonyl (C=O) groups excluding carboxylic acids is 1. The van der Waals surface area contributed by atoms with Gasteiger partial charge in [-0.3, -0.25) is 14.5 Å². The van der Waals surface area contributed by atoms with Gasteiger partial charge in [-0.25, -0.2) is 9.97 Å². The van der Waals surface area contributed by atoms with Crippen molar-refractivity contribution in [3.8, 4) is 34.1 Å². The van der Waals surface area contributed by atoms with Crippen LogP contribution in [0, 0.1) is 5.92 Å². The van der Waals surface area contributed by atoms with Crippen LogP contribution < -0.4 is 25.4 Å². The van der Waals surface area contributed by atoms with E-state index in [4.69, 9.17) is 26.1 Å². The van der Waals surface area contributed by atoms with E-state index in [1.54, 1.807) is 7.11 Å². The summed E-state index contributed by atoms with van der Waals surface area (Å²) in [4.78, 5) is 38.4. The molecule has 12 nitrogen and oxygen atoms in total. The molecule has 0 radical (unpaired) electrons. The van der Waals surface area contributed by atoms with Gasteiger partial charge in [0.15, 0.2) is 11.5 Å². The van der Waals surface area contributed by atoms with Crippen molar-refractivity contribution in [2.75, 3.05) is 32.6 Å². The first kappa shape index (κ1) is 40.2. The average Bonchev–Trinajstić information content (AvgIpc) is 3.93. The van der Waals surface area contributed by atoms with Gasteiger partial charge in [0.2, 0.25) is 17.7 Å². The third-order valence-corrected chi connectivity index (χ3v) is 11.6. The Morgan fingerprint density at radius 3 is 2.44 bits per heavy atom. The second-order valence-electron chi connectivity index (χ2n) is 14.6. The van der Waals surface area contributed by atoms with Crippen LogP contribution in [-0.4, -0.2) is 76.2 Å². The molecule has 4 aromatic rings. The number of pyridine rings is 1. The zero-order valence-corrected chi connectivity index (χ0v) is 32.6. The molecule has 302 valence electrons. The number of hydrogen-bond acceptors (Lipinski definition) is 10. The molecule has 2 aromatic heterocycles. The molecular weight excluding hydrogens is 763 g/mol. The van der Waals surface area contributed by atoms with Crippen LogP contribution in [0.2, 0.25) is 5.02 Å². The highest BCUT2D eigenvalue weighted by atomic mass is 35.5. The molecule has 57 heavy (non-hydrogen) atoms. The SMILES string of the molecule is CCC1C(C(=O)O)CCN1Cc1nc(C(F)(F)F)c(N[C@H]2CCc3c(-c4cccc(-c5ccc(CNC[C@@H]6CCC(=O)N6)c(OC)n5)c4Cl)cccc32)nc1OC. The molecule has 1 aliphatic carbocycles. The highest BCUT2D eigenvalue weighted by Crippen LogP contribution is 2.45. The van der Waals surface area contributed by atoms with Crippen LogP contribution in [0.25, 0.3) is 22.4 Å². The van der Waals surface area contributed by atoms with Crippen LogP contribution in [0.5, 0.6) is 11.8 Å². The Morgan fingerprint density at radius 2 is 1.74 bits per heavy atom. The lowest BCUT2D eigenvalue weighted by Gasteiger charge is -2.26. The number of carbonyl (C=O) groups is 2. The Morgan fingerprint density at radius 1 is 0.982 bits per heavy atom. The first-order chi connectivity index (χ1) is 27.4. The van der Waals surface area contributed by atoms with E-state index >= 15 is 0 Å². The van der Waals surface area contributed by atoms with Crippen molar-refractivity contribution in [3.05, 3.63) is 81.6 Å². The Bertz CT molecular complexity index is 2150. The Labute approximate surface area is 333 Å². The lowest BCUT2D eigenvalue weighted by molar-refractivity contribution is -0.142. The van der Waals surface area contributed by atoms with Gasteiger partial charge in [-0.2, -0.15) is 18.2 Å². The summed E-state index contributed by atoms with van der Waals surface area (Å²) in [6.07, 6.45) is -1.50. The maximum absolute atomic E-state index is 14.6. The summed E-state index contributed by atoms with van der Waals surface area (Å²) in [6, 6.07) is 14.5. The summed E-state index contributed by atoms with van der Waals surface area (Å²) >= 11 is 7.14. The summed E-state index contributed by atoms with van der Waals surface area (Å²) in [7, 11) is 2.89. The number of halogens is 4. The molecule has 0 spiro atoms. The zero-order valence-electron chi connectivity index (χ0n) is 31.9. The van der Waals surface area contributed by atoms with Crippen LogP contribution in [0.15, 0.2) is 48.5 Å². The van der Waals surface area contributed by atoms with E-state index in [0.717, 1.165) is 34.2 Å². The molecule has 4 heterocycles. The monoisotopic (exact) mass is 807 g/mol. The van der Waals surface area contributed by atoms with E-state index in [1.807, 2.05) is 60.4 Å². The Hall–Kier alpha value is -4.99. The highest BCUT2D eigenvalue weighted by molar-refractivity contribution is 6.36. The van der Waals surface area contributed by atoms with Crippen molar-refractivity contribution in [3.63, 3.8) is 0 Å². The predicted octanol–water partition coefficient (Wildman–Crippen LogP) is 7.05. The molecule has 1 amide bonds. The molecule has 2 aromatic carbocycles. The summed E-state index contributed by atoms with van der Waals surface area (Å²) in [6.45, 7) is 3.39. The van der Waals surface area contributed by atoms with Gasteiger partial charge in [0.25, 0.3) is 0 Å². The maximum atomic E-state index is 14.6. The second-order valence-corrected chi connectivity index (χ2v) is 15.0. The van der Waals surface area contributed by atoms with E-state index in [9.17, 15) is 27.9 Å². The topological polar surface area (TPSA) is 151 Å². The van der Waals surface area contributed by atoms with Crippen LogP contribution in [0.1, 0.15) is 73.1 Å². The van der Waals surface area contributed by atoms with Gasteiger partial charge < -0.3 is 30.5 Å². The maximum Gasteiger partial charge on any atom is 0.437 e. The lowest BCUT2D eigenvalue weighted by Crippen LogP contribution is -2.35. The number of aromatic nitrogens is 3. The number of carboxylic acids is 1. The van der Waals surface area contributed by atoms with Gasteiger partial charge in [0.05, 0.1) is 36.9 Å². The highest BCUT2D eigenvalue weighted by Gasteiger charge is 2.41. The molecule has 0 saturated carbocycles. The van der Waals surface area contributed by atoms with Crippen molar-refractivity contribution < 1.29 is 37.3 Å². The molecule has 7 rings (SSSR count). The van der Waals surface area contributed by atoms with Gasteiger partial charge >= 0.3 is 12.1 Å². The fourth-order valence-corrected chi connectivity index (χ4v) is 8.78. The third-order valence-electron chi connectivity index (χ3n) is 11.2. The number of benzene rings is 2. The number of fused-ring (bicyclic) bond motifs is 1. The molecule has 2 aliphatic heterocycles. The predicted molar refractivity (Wildman–Crippen MR) is 208 cm³/mol. The second kappa shape index (κ2) is 16.9. The molecule has 2 unspecified atom stereocenters. The Kier molecular flexibility index (Phi) is 11.9. The number of likely N-dealkylation sites (tertiary alicyclic amines) is 1. The Balaban J connectivity index is 1.13. The molecule has 0 bridgehead atoms. The minimum atomic E-state index is -4.83. The van der Waals surface area contributed by atoms with Crippen molar-refractivity contribution in [1.82, 2.24) is 30.5 Å².